The van der Waals surface area contributed by atoms with E-state index in [9.17, 15) is 13.2 Å². The van der Waals surface area contributed by atoms with Crippen LogP contribution in [-0.4, -0.2) is 53.9 Å². The van der Waals surface area contributed by atoms with Gasteiger partial charge in [0.1, 0.15) is 0 Å². The summed E-state index contributed by atoms with van der Waals surface area (Å²) < 4.78 is 34.7. The van der Waals surface area contributed by atoms with Crippen molar-refractivity contribution in [3.05, 3.63) is 83.2 Å². The number of hydrogen-bond donors (Lipinski definition) is 0. The highest BCUT2D eigenvalue weighted by molar-refractivity contribution is 7.89. The Labute approximate surface area is 227 Å². The molecule has 2 atom stereocenters. The zero-order valence-electron chi connectivity index (χ0n) is 21.8. The number of hydrogen-bond acceptors (Lipinski definition) is 7. The molecule has 2 aromatic carbocycles. The SMILES string of the molecule is Cc1cc(C)c2sc(N(Cc3ccccn3)C(=O)c3ccc(S(=O)(=O)N4CC(C)OC(C)C4)cc3)nc2c1. The summed E-state index contributed by atoms with van der Waals surface area (Å²) in [5, 5.41) is 0.567. The van der Waals surface area contributed by atoms with Gasteiger partial charge in [-0.3, -0.25) is 14.7 Å². The summed E-state index contributed by atoms with van der Waals surface area (Å²) in [5.41, 5.74) is 4.15. The molecule has 0 radical (unpaired) electrons. The maximum Gasteiger partial charge on any atom is 0.260 e. The highest BCUT2D eigenvalue weighted by atomic mass is 32.2. The van der Waals surface area contributed by atoms with Crippen molar-refractivity contribution < 1.29 is 17.9 Å². The van der Waals surface area contributed by atoms with Crippen molar-refractivity contribution in [3.8, 4) is 0 Å². The minimum absolute atomic E-state index is 0.151. The van der Waals surface area contributed by atoms with E-state index in [0.717, 1.165) is 27.0 Å². The summed E-state index contributed by atoms with van der Waals surface area (Å²) in [7, 11) is -3.71. The van der Waals surface area contributed by atoms with Crippen LogP contribution in [0.2, 0.25) is 0 Å². The smallest absolute Gasteiger partial charge is 0.260 e. The average Bonchev–Trinajstić information content (AvgIpc) is 3.31. The predicted octanol–water partition coefficient (Wildman–Crippen LogP) is 4.95. The van der Waals surface area contributed by atoms with Crippen LogP contribution < -0.4 is 4.90 Å². The summed E-state index contributed by atoms with van der Waals surface area (Å²) in [6.45, 7) is 8.61. The molecule has 3 heterocycles. The number of amides is 1. The van der Waals surface area contributed by atoms with Gasteiger partial charge in [-0.05, 0) is 81.3 Å². The van der Waals surface area contributed by atoms with Gasteiger partial charge in [0.2, 0.25) is 10.0 Å². The van der Waals surface area contributed by atoms with E-state index in [0.29, 0.717) is 23.8 Å². The lowest BCUT2D eigenvalue weighted by Gasteiger charge is -2.34. The molecule has 1 amide bonds. The molecule has 10 heteroatoms. The van der Waals surface area contributed by atoms with E-state index >= 15 is 0 Å². The second-order valence-corrected chi connectivity index (χ2v) is 12.7. The van der Waals surface area contributed by atoms with Crippen LogP contribution >= 0.6 is 11.3 Å². The van der Waals surface area contributed by atoms with E-state index in [1.54, 1.807) is 23.2 Å². The molecule has 0 spiro atoms. The first kappa shape index (κ1) is 26.4. The molecule has 0 bridgehead atoms. The molecule has 198 valence electrons. The van der Waals surface area contributed by atoms with Gasteiger partial charge >= 0.3 is 0 Å². The Morgan fingerprint density at radius 1 is 1.08 bits per heavy atom. The number of fused-ring (bicyclic) bond motifs is 1. The van der Waals surface area contributed by atoms with Crippen LogP contribution in [0.1, 0.15) is 41.0 Å². The summed E-state index contributed by atoms with van der Waals surface area (Å²) >= 11 is 1.46. The number of carbonyl (C=O) groups excluding carboxylic acids is 1. The zero-order chi connectivity index (χ0) is 27.0. The zero-order valence-corrected chi connectivity index (χ0v) is 23.4. The van der Waals surface area contributed by atoms with E-state index < -0.39 is 10.0 Å². The van der Waals surface area contributed by atoms with Gasteiger partial charge in [-0.25, -0.2) is 13.4 Å². The van der Waals surface area contributed by atoms with E-state index in [1.165, 1.54) is 27.8 Å². The van der Waals surface area contributed by atoms with Gasteiger partial charge in [-0.15, -0.1) is 0 Å². The third-order valence-corrected chi connectivity index (χ3v) is 9.53. The Hall–Kier alpha value is -3.18. The lowest BCUT2D eigenvalue weighted by molar-refractivity contribution is -0.0440. The van der Waals surface area contributed by atoms with E-state index in [-0.39, 0.29) is 29.6 Å². The average molecular weight is 551 g/mol. The molecule has 1 aliphatic rings. The van der Waals surface area contributed by atoms with Gasteiger partial charge in [0, 0.05) is 24.8 Å². The Bertz CT molecular complexity index is 1560. The van der Waals surface area contributed by atoms with Crippen molar-refractivity contribution in [2.24, 2.45) is 0 Å². The van der Waals surface area contributed by atoms with Crippen LogP contribution in [0.15, 0.2) is 65.7 Å². The van der Waals surface area contributed by atoms with Gasteiger partial charge < -0.3 is 4.74 Å². The highest BCUT2D eigenvalue weighted by Crippen LogP contribution is 2.33. The fourth-order valence-electron chi connectivity index (χ4n) is 4.76. The first-order valence-corrected chi connectivity index (χ1v) is 14.7. The molecule has 5 rings (SSSR count). The molecular weight excluding hydrogens is 520 g/mol. The van der Waals surface area contributed by atoms with Crippen molar-refractivity contribution in [1.29, 1.82) is 0 Å². The van der Waals surface area contributed by atoms with Crippen LogP contribution in [0.3, 0.4) is 0 Å². The fraction of sp³-hybridized carbons (Fsp3) is 0.321. The van der Waals surface area contributed by atoms with E-state index in [2.05, 4.69) is 11.1 Å². The molecule has 2 unspecified atom stereocenters. The molecule has 1 fully saturated rings. The lowest BCUT2D eigenvalue weighted by Crippen LogP contribution is -2.48. The molecule has 4 aromatic rings. The number of pyridine rings is 1. The van der Waals surface area contributed by atoms with Gasteiger partial charge in [0.05, 0.1) is 39.6 Å². The minimum Gasteiger partial charge on any atom is -0.373 e. The van der Waals surface area contributed by atoms with Crippen molar-refractivity contribution >= 4 is 42.6 Å². The normalized spacial score (nSPS) is 18.5. The van der Waals surface area contributed by atoms with Gasteiger partial charge in [0.15, 0.2) is 5.13 Å². The second kappa shape index (κ2) is 10.5. The van der Waals surface area contributed by atoms with Crippen LogP contribution in [0, 0.1) is 13.8 Å². The number of carbonyl (C=O) groups is 1. The number of nitrogens with zero attached hydrogens (tertiary/aromatic N) is 4. The number of rotatable bonds is 6. The number of benzene rings is 2. The minimum atomic E-state index is -3.71. The predicted molar refractivity (Wildman–Crippen MR) is 149 cm³/mol. The summed E-state index contributed by atoms with van der Waals surface area (Å²) in [4.78, 5) is 24.8. The second-order valence-electron chi connectivity index (χ2n) is 9.74. The number of morpholine rings is 1. The van der Waals surface area contributed by atoms with Crippen LogP contribution in [0.25, 0.3) is 10.2 Å². The van der Waals surface area contributed by atoms with Gasteiger partial charge in [-0.1, -0.05) is 23.5 Å². The Morgan fingerprint density at radius 2 is 1.79 bits per heavy atom. The molecule has 0 N–H and O–H groups in total. The first-order chi connectivity index (χ1) is 18.1. The summed E-state index contributed by atoms with van der Waals surface area (Å²) in [6, 6.07) is 15.8. The standard InChI is InChI=1S/C28H30N4O4S2/c1-18-13-19(2)26-25(14-18)30-28(37-26)32(17-23-7-5-6-12-29-23)27(33)22-8-10-24(11-9-22)38(34,35)31-15-20(3)36-21(4)16-31/h5-14,20-21H,15-17H2,1-4H3. The number of ether oxygens (including phenoxy) is 1. The quantitative estimate of drug-likeness (QED) is 0.337. The van der Waals surface area contributed by atoms with Gasteiger partial charge in [0.25, 0.3) is 5.91 Å². The Morgan fingerprint density at radius 3 is 2.45 bits per heavy atom. The fourth-order valence-corrected chi connectivity index (χ4v) is 7.37. The van der Waals surface area contributed by atoms with Crippen molar-refractivity contribution in [3.63, 3.8) is 0 Å². The Balaban J connectivity index is 1.47. The van der Waals surface area contributed by atoms with Crippen molar-refractivity contribution in [1.82, 2.24) is 14.3 Å². The third kappa shape index (κ3) is 5.35. The molecular formula is C28H30N4O4S2. The van der Waals surface area contributed by atoms with E-state index in [4.69, 9.17) is 9.72 Å². The molecule has 1 saturated heterocycles. The molecule has 38 heavy (non-hydrogen) atoms. The first-order valence-electron chi connectivity index (χ1n) is 12.5. The third-order valence-electron chi connectivity index (χ3n) is 6.46. The summed E-state index contributed by atoms with van der Waals surface area (Å²) in [6.07, 6.45) is 1.32. The van der Waals surface area contributed by atoms with Crippen molar-refractivity contribution in [2.75, 3.05) is 18.0 Å². The van der Waals surface area contributed by atoms with Gasteiger partial charge in [-0.2, -0.15) is 4.31 Å². The number of aryl methyl sites for hydroxylation is 2. The number of sulfonamides is 1. The maximum atomic E-state index is 13.8. The number of thiazole rings is 1. The monoisotopic (exact) mass is 550 g/mol. The van der Waals surface area contributed by atoms with Crippen LogP contribution in [0.4, 0.5) is 5.13 Å². The molecule has 0 saturated carbocycles. The molecule has 0 aliphatic carbocycles. The molecule has 8 nitrogen and oxygen atoms in total. The molecule has 1 aliphatic heterocycles. The molecule has 2 aromatic heterocycles. The Kier molecular flexibility index (Phi) is 7.32. The van der Waals surface area contributed by atoms with E-state index in [1.807, 2.05) is 52.0 Å². The topological polar surface area (TPSA) is 92.7 Å². The lowest BCUT2D eigenvalue weighted by atomic mass is 10.1. The summed E-state index contributed by atoms with van der Waals surface area (Å²) in [5.74, 6) is -0.276. The largest absolute Gasteiger partial charge is 0.373 e. The van der Waals surface area contributed by atoms with Crippen LogP contribution in [0.5, 0.6) is 0 Å². The number of aromatic nitrogens is 2. The maximum absolute atomic E-state index is 13.8. The van der Waals surface area contributed by atoms with Crippen molar-refractivity contribution in [2.45, 2.75) is 51.3 Å². The number of anilines is 1. The highest BCUT2D eigenvalue weighted by Gasteiger charge is 2.32. The van der Waals surface area contributed by atoms with Crippen LogP contribution in [-0.2, 0) is 21.3 Å².